The summed E-state index contributed by atoms with van der Waals surface area (Å²) >= 11 is 0. The van der Waals surface area contributed by atoms with Crippen LogP contribution in [0.25, 0.3) is 0 Å². The van der Waals surface area contributed by atoms with Crippen LogP contribution in [0.3, 0.4) is 0 Å². The van der Waals surface area contributed by atoms with Crippen molar-refractivity contribution in [2.75, 3.05) is 18.4 Å². The molecule has 1 aliphatic heterocycles. The molecule has 9 nitrogen and oxygen atoms in total. The Hall–Kier alpha value is -2.84. The summed E-state index contributed by atoms with van der Waals surface area (Å²) in [5.74, 6) is 0. The lowest BCUT2D eigenvalue weighted by atomic mass is 9.96. The number of nitro benzene ring substituents is 1. The molecule has 2 aliphatic rings. The van der Waals surface area contributed by atoms with Gasteiger partial charge in [0.1, 0.15) is 0 Å². The van der Waals surface area contributed by atoms with Crippen molar-refractivity contribution >= 4 is 23.4 Å². The molecular formula is C20H29N5O4. The highest BCUT2D eigenvalue weighted by molar-refractivity contribution is 5.90. The van der Waals surface area contributed by atoms with E-state index >= 15 is 0 Å². The lowest BCUT2D eigenvalue weighted by molar-refractivity contribution is -0.384. The van der Waals surface area contributed by atoms with E-state index in [0.29, 0.717) is 31.6 Å². The smallest absolute Gasteiger partial charge is 0.321 e. The molecule has 1 aromatic carbocycles. The number of hydrogen-bond acceptors (Lipinski definition) is 4. The Kier molecular flexibility index (Phi) is 6.90. The summed E-state index contributed by atoms with van der Waals surface area (Å²) in [7, 11) is 0. The molecule has 0 radical (unpaired) electrons. The van der Waals surface area contributed by atoms with E-state index in [0.717, 1.165) is 18.4 Å². The molecule has 0 spiro atoms. The lowest BCUT2D eigenvalue weighted by Gasteiger charge is -2.33. The zero-order valence-corrected chi connectivity index (χ0v) is 16.8. The molecule has 29 heavy (non-hydrogen) atoms. The zero-order chi connectivity index (χ0) is 20.8. The molecule has 0 atom stereocenters. The molecule has 1 saturated carbocycles. The van der Waals surface area contributed by atoms with Crippen molar-refractivity contribution < 1.29 is 14.5 Å². The Morgan fingerprint density at radius 3 is 2.28 bits per heavy atom. The van der Waals surface area contributed by atoms with Gasteiger partial charge >= 0.3 is 12.1 Å². The van der Waals surface area contributed by atoms with Gasteiger partial charge in [0, 0.05) is 37.3 Å². The van der Waals surface area contributed by atoms with Gasteiger partial charge in [-0.3, -0.25) is 10.1 Å². The highest BCUT2D eigenvalue weighted by Gasteiger charge is 2.25. The number of aryl methyl sites for hydroxylation is 1. The topological polar surface area (TPSA) is 117 Å². The summed E-state index contributed by atoms with van der Waals surface area (Å²) in [4.78, 5) is 36.9. The summed E-state index contributed by atoms with van der Waals surface area (Å²) in [6.07, 6.45) is 7.03. The number of likely N-dealkylation sites (tertiary alicyclic amines) is 1. The van der Waals surface area contributed by atoms with Crippen LogP contribution in [0.2, 0.25) is 0 Å². The molecule has 1 aliphatic carbocycles. The van der Waals surface area contributed by atoms with Gasteiger partial charge in [0.2, 0.25) is 0 Å². The highest BCUT2D eigenvalue weighted by atomic mass is 16.6. The number of benzene rings is 1. The van der Waals surface area contributed by atoms with Gasteiger partial charge in [-0.05, 0) is 38.2 Å². The fourth-order valence-corrected chi connectivity index (χ4v) is 3.94. The van der Waals surface area contributed by atoms with Gasteiger partial charge in [0.15, 0.2) is 0 Å². The van der Waals surface area contributed by atoms with E-state index in [1.165, 1.54) is 31.4 Å². The normalized spacial score (nSPS) is 18.2. The minimum absolute atomic E-state index is 0.0437. The predicted octanol–water partition coefficient (Wildman–Crippen LogP) is 3.53. The van der Waals surface area contributed by atoms with Crippen molar-refractivity contribution in [3.8, 4) is 0 Å². The van der Waals surface area contributed by atoms with Crippen LogP contribution in [0.4, 0.5) is 21.0 Å². The minimum Gasteiger partial charge on any atom is -0.335 e. The minimum atomic E-state index is -0.482. The van der Waals surface area contributed by atoms with Crippen LogP contribution in [0.15, 0.2) is 18.2 Å². The van der Waals surface area contributed by atoms with Gasteiger partial charge in [-0.15, -0.1) is 0 Å². The van der Waals surface area contributed by atoms with E-state index in [9.17, 15) is 19.7 Å². The molecule has 4 amide bonds. The number of nitrogens with zero attached hydrogens (tertiary/aromatic N) is 2. The number of non-ortho nitro benzene ring substituents is 1. The van der Waals surface area contributed by atoms with Gasteiger partial charge in [0.05, 0.1) is 10.6 Å². The number of piperidine rings is 1. The highest BCUT2D eigenvalue weighted by Crippen LogP contribution is 2.23. The maximum Gasteiger partial charge on any atom is 0.321 e. The molecule has 9 heteroatoms. The van der Waals surface area contributed by atoms with Gasteiger partial charge in [-0.1, -0.05) is 25.3 Å². The SMILES string of the molecule is Cc1ccc([N+](=O)[O-])cc1NC(=O)N1CCC(NC(=O)NC2CCCCC2)CC1. The van der Waals surface area contributed by atoms with Gasteiger partial charge in [0.25, 0.3) is 5.69 Å². The van der Waals surface area contributed by atoms with Crippen LogP contribution >= 0.6 is 0 Å². The van der Waals surface area contributed by atoms with Crippen LogP contribution in [0.1, 0.15) is 50.5 Å². The lowest BCUT2D eigenvalue weighted by Crippen LogP contribution is -2.51. The first-order valence-electron chi connectivity index (χ1n) is 10.3. The first-order valence-corrected chi connectivity index (χ1v) is 10.3. The summed E-state index contributed by atoms with van der Waals surface area (Å²) in [5.41, 5.74) is 1.15. The Morgan fingerprint density at radius 2 is 1.66 bits per heavy atom. The van der Waals surface area contributed by atoms with Crippen molar-refractivity contribution in [2.45, 2.75) is 64.0 Å². The third kappa shape index (κ3) is 5.82. The Balaban J connectivity index is 1.45. The van der Waals surface area contributed by atoms with Crippen LogP contribution in [0, 0.1) is 17.0 Å². The molecule has 2 fully saturated rings. The number of carbonyl (C=O) groups is 2. The average molecular weight is 403 g/mol. The second-order valence-corrected chi connectivity index (χ2v) is 7.90. The number of hydrogen-bond donors (Lipinski definition) is 3. The molecule has 158 valence electrons. The largest absolute Gasteiger partial charge is 0.335 e. The first kappa shape index (κ1) is 20.9. The fourth-order valence-electron chi connectivity index (χ4n) is 3.94. The number of nitrogens with one attached hydrogen (secondary N) is 3. The van der Waals surface area contributed by atoms with Gasteiger partial charge in [-0.25, -0.2) is 9.59 Å². The number of amides is 4. The quantitative estimate of drug-likeness (QED) is 0.526. The van der Waals surface area contributed by atoms with Crippen molar-refractivity contribution in [1.29, 1.82) is 0 Å². The van der Waals surface area contributed by atoms with E-state index in [2.05, 4.69) is 16.0 Å². The van der Waals surface area contributed by atoms with E-state index < -0.39 is 4.92 Å². The van der Waals surface area contributed by atoms with Crippen LogP contribution in [-0.4, -0.2) is 47.1 Å². The third-order valence-corrected chi connectivity index (χ3v) is 5.73. The molecule has 3 N–H and O–H groups in total. The second kappa shape index (κ2) is 9.58. The van der Waals surface area contributed by atoms with E-state index in [-0.39, 0.29) is 29.8 Å². The summed E-state index contributed by atoms with van der Waals surface area (Å²) < 4.78 is 0. The number of carbonyl (C=O) groups excluding carboxylic acids is 2. The van der Waals surface area contributed by atoms with E-state index in [4.69, 9.17) is 0 Å². The van der Waals surface area contributed by atoms with Crippen LogP contribution < -0.4 is 16.0 Å². The van der Waals surface area contributed by atoms with Gasteiger partial charge in [-0.2, -0.15) is 0 Å². The molecule has 0 unspecified atom stereocenters. The Morgan fingerprint density at radius 1 is 1.03 bits per heavy atom. The van der Waals surface area contributed by atoms with Crippen molar-refractivity contribution in [1.82, 2.24) is 15.5 Å². The first-order chi connectivity index (χ1) is 13.9. The summed E-state index contributed by atoms with van der Waals surface area (Å²) in [5, 5.41) is 19.8. The van der Waals surface area contributed by atoms with E-state index in [1.807, 2.05) is 0 Å². The second-order valence-electron chi connectivity index (χ2n) is 7.90. The molecule has 0 aromatic heterocycles. The maximum atomic E-state index is 12.5. The van der Waals surface area contributed by atoms with Crippen LogP contribution in [-0.2, 0) is 0 Å². The summed E-state index contributed by atoms with van der Waals surface area (Å²) in [6.45, 7) is 2.84. The Bertz CT molecular complexity index is 755. The molecular weight excluding hydrogens is 374 g/mol. The zero-order valence-electron chi connectivity index (χ0n) is 16.8. The van der Waals surface area contributed by atoms with Crippen LogP contribution in [0.5, 0.6) is 0 Å². The Labute approximate surface area is 170 Å². The number of rotatable bonds is 4. The average Bonchev–Trinajstić information content (AvgIpc) is 2.70. The molecule has 0 bridgehead atoms. The number of anilines is 1. The predicted molar refractivity (Wildman–Crippen MR) is 110 cm³/mol. The van der Waals surface area contributed by atoms with Crippen molar-refractivity contribution in [3.05, 3.63) is 33.9 Å². The maximum absolute atomic E-state index is 12.5. The third-order valence-electron chi connectivity index (χ3n) is 5.73. The fraction of sp³-hybridized carbons (Fsp3) is 0.600. The van der Waals surface area contributed by atoms with Crippen molar-refractivity contribution in [3.63, 3.8) is 0 Å². The summed E-state index contributed by atoms with van der Waals surface area (Å²) in [6, 6.07) is 4.33. The number of nitro groups is 1. The molecule has 1 heterocycles. The monoisotopic (exact) mass is 403 g/mol. The number of urea groups is 2. The van der Waals surface area contributed by atoms with Crippen molar-refractivity contribution in [2.24, 2.45) is 0 Å². The van der Waals surface area contributed by atoms with E-state index in [1.54, 1.807) is 17.9 Å². The molecule has 1 aromatic rings. The standard InChI is InChI=1S/C20H29N5O4/c1-14-7-8-17(25(28)29)13-18(14)23-20(27)24-11-9-16(10-12-24)22-19(26)21-15-5-3-2-4-6-15/h7-8,13,15-16H,2-6,9-12H2,1H3,(H,23,27)(H2,21,22,26). The van der Waals surface area contributed by atoms with Gasteiger partial charge < -0.3 is 20.9 Å². The molecule has 3 rings (SSSR count). The molecule has 1 saturated heterocycles.